The molecule has 22 heavy (non-hydrogen) atoms. The van der Waals surface area contributed by atoms with E-state index in [-0.39, 0.29) is 36.8 Å². The van der Waals surface area contributed by atoms with Gasteiger partial charge in [0.1, 0.15) is 12.2 Å². The van der Waals surface area contributed by atoms with E-state index in [1.165, 1.54) is 6.07 Å². The van der Waals surface area contributed by atoms with Crippen LogP contribution in [0.5, 0.6) is 0 Å². The molecule has 0 fully saturated rings. The maximum absolute atomic E-state index is 11.7. The fraction of sp³-hybridized carbons (Fsp3) is 0.400. The highest BCUT2D eigenvalue weighted by Crippen LogP contribution is 2.22. The summed E-state index contributed by atoms with van der Waals surface area (Å²) in [5, 5.41) is 12.2. The summed E-state index contributed by atoms with van der Waals surface area (Å²) in [6, 6.07) is 4.51. The number of hydrogen-bond acceptors (Lipinski definition) is 5. The quantitative estimate of drug-likeness (QED) is 0.539. The number of anilines is 1. The molecule has 0 spiro atoms. The normalized spacial score (nSPS) is 11.6. The Morgan fingerprint density at radius 2 is 2.05 bits per heavy atom. The number of ether oxygens (including phenoxy) is 1. The lowest BCUT2D eigenvalue weighted by atomic mass is 10.1. The van der Waals surface area contributed by atoms with E-state index in [1.807, 2.05) is 0 Å². The van der Waals surface area contributed by atoms with E-state index in [4.69, 9.17) is 4.74 Å². The van der Waals surface area contributed by atoms with Crippen LogP contribution in [0.1, 0.15) is 37.0 Å². The maximum Gasteiger partial charge on any atom is 0.337 e. The number of Topliss-reactive ketones (excluding diaryl/α,β-unsaturated/α-hetero) is 1. The Bertz CT molecular complexity index is 573. The van der Waals surface area contributed by atoms with Crippen LogP contribution in [0.4, 0.5) is 5.69 Å². The summed E-state index contributed by atoms with van der Waals surface area (Å²) in [6.07, 6.45) is -0.167. The third kappa shape index (κ3) is 5.85. The Morgan fingerprint density at radius 1 is 1.36 bits per heavy atom. The molecule has 1 aromatic carbocycles. The number of rotatable bonds is 8. The number of benzene rings is 1. The first kappa shape index (κ1) is 18.2. The third-order valence-corrected chi connectivity index (χ3v) is 3.29. The lowest BCUT2D eigenvalue weighted by Crippen LogP contribution is -2.23. The molecule has 0 radical (unpaired) electrons. The van der Waals surface area contributed by atoms with Crippen LogP contribution < -0.4 is 5.32 Å². The van der Waals surface area contributed by atoms with Gasteiger partial charge in [0.15, 0.2) is 0 Å². The lowest BCUT2D eigenvalue weighted by molar-refractivity contribution is -0.145. The summed E-state index contributed by atoms with van der Waals surface area (Å²) in [5.41, 5.74) is 0.534. The highest BCUT2D eigenvalue weighted by atomic mass is 79.9. The molecule has 0 aliphatic carbocycles. The number of carboxylic acid groups (broad SMARTS) is 1. The fourth-order valence-corrected chi connectivity index (χ4v) is 2.28. The van der Waals surface area contributed by atoms with Crippen molar-refractivity contribution in [3.05, 3.63) is 28.2 Å². The summed E-state index contributed by atoms with van der Waals surface area (Å²) in [6.45, 7) is 3.66. The van der Waals surface area contributed by atoms with Gasteiger partial charge in [-0.3, -0.25) is 9.59 Å². The topological polar surface area (TPSA) is 92.7 Å². The van der Waals surface area contributed by atoms with Gasteiger partial charge >= 0.3 is 11.9 Å². The number of ketones is 1. The van der Waals surface area contributed by atoms with Crippen molar-refractivity contribution >= 4 is 39.3 Å². The van der Waals surface area contributed by atoms with Gasteiger partial charge in [-0.1, -0.05) is 15.9 Å². The van der Waals surface area contributed by atoms with Gasteiger partial charge in [0.25, 0.3) is 0 Å². The number of carbonyl (C=O) groups excluding carboxylic acids is 2. The zero-order valence-corrected chi connectivity index (χ0v) is 14.0. The van der Waals surface area contributed by atoms with Crippen molar-refractivity contribution in [1.82, 2.24) is 0 Å². The first-order valence-electron chi connectivity index (χ1n) is 6.80. The van der Waals surface area contributed by atoms with Crippen LogP contribution in [-0.2, 0) is 14.3 Å². The SMILES string of the molecule is CCOC(=O)CC(=O)CC(C)Nc1ccc(Br)cc1C(=O)O. The van der Waals surface area contributed by atoms with Gasteiger partial charge in [0, 0.05) is 22.6 Å². The molecule has 0 saturated carbocycles. The molecular formula is C15H18BrNO5. The molecule has 0 amide bonds. The van der Waals surface area contributed by atoms with E-state index in [9.17, 15) is 19.5 Å². The largest absolute Gasteiger partial charge is 0.478 e. The monoisotopic (exact) mass is 371 g/mol. The number of esters is 1. The third-order valence-electron chi connectivity index (χ3n) is 2.79. The molecular weight excluding hydrogens is 354 g/mol. The van der Waals surface area contributed by atoms with E-state index in [2.05, 4.69) is 21.2 Å². The fourth-order valence-electron chi connectivity index (χ4n) is 1.92. The Labute approximate surface area is 137 Å². The zero-order valence-electron chi connectivity index (χ0n) is 12.4. The molecule has 0 aliphatic rings. The molecule has 1 aromatic rings. The second kappa shape index (κ2) is 8.53. The van der Waals surface area contributed by atoms with E-state index in [1.54, 1.807) is 26.0 Å². The predicted molar refractivity (Wildman–Crippen MR) is 85.1 cm³/mol. The molecule has 0 aliphatic heterocycles. The van der Waals surface area contributed by atoms with Crippen molar-refractivity contribution in [3.8, 4) is 0 Å². The first-order chi connectivity index (χ1) is 10.3. The van der Waals surface area contributed by atoms with Crippen LogP contribution >= 0.6 is 15.9 Å². The molecule has 0 saturated heterocycles. The minimum absolute atomic E-state index is 0.105. The Kier molecular flexibility index (Phi) is 7.04. The lowest BCUT2D eigenvalue weighted by Gasteiger charge is -2.16. The predicted octanol–water partition coefficient (Wildman–Crippen LogP) is 2.86. The molecule has 120 valence electrons. The van der Waals surface area contributed by atoms with Crippen LogP contribution in [0.2, 0.25) is 0 Å². The summed E-state index contributed by atoms with van der Waals surface area (Å²) in [7, 11) is 0. The molecule has 7 heteroatoms. The van der Waals surface area contributed by atoms with E-state index >= 15 is 0 Å². The smallest absolute Gasteiger partial charge is 0.337 e. The van der Waals surface area contributed by atoms with Crippen molar-refractivity contribution in [1.29, 1.82) is 0 Å². The zero-order chi connectivity index (χ0) is 16.7. The summed E-state index contributed by atoms with van der Waals surface area (Å²) >= 11 is 3.22. The highest BCUT2D eigenvalue weighted by molar-refractivity contribution is 9.10. The van der Waals surface area contributed by atoms with Crippen LogP contribution in [-0.4, -0.2) is 35.5 Å². The average Bonchev–Trinajstić information content (AvgIpc) is 2.40. The Morgan fingerprint density at radius 3 is 2.64 bits per heavy atom. The second-order valence-corrected chi connectivity index (χ2v) is 5.68. The van der Waals surface area contributed by atoms with E-state index in [0.29, 0.717) is 10.2 Å². The number of nitrogens with one attached hydrogen (secondary N) is 1. The molecule has 1 atom stereocenters. The first-order valence-corrected chi connectivity index (χ1v) is 7.59. The standard InChI is InChI=1S/C15H18BrNO5/c1-3-22-14(19)8-11(18)6-9(2)17-13-5-4-10(16)7-12(13)15(20)21/h4-5,7,9,17H,3,6,8H2,1-2H3,(H,20,21). The minimum Gasteiger partial charge on any atom is -0.478 e. The van der Waals surface area contributed by atoms with Gasteiger partial charge in [-0.2, -0.15) is 0 Å². The van der Waals surface area contributed by atoms with Crippen molar-refractivity contribution in [3.63, 3.8) is 0 Å². The van der Waals surface area contributed by atoms with Crippen molar-refractivity contribution in [2.45, 2.75) is 32.7 Å². The molecule has 0 heterocycles. The molecule has 6 nitrogen and oxygen atoms in total. The van der Waals surface area contributed by atoms with Gasteiger partial charge in [0.05, 0.1) is 12.2 Å². The van der Waals surface area contributed by atoms with Crippen molar-refractivity contribution in [2.75, 3.05) is 11.9 Å². The van der Waals surface area contributed by atoms with Gasteiger partial charge in [-0.05, 0) is 32.0 Å². The number of halogens is 1. The molecule has 1 unspecified atom stereocenters. The van der Waals surface area contributed by atoms with Gasteiger partial charge in [-0.15, -0.1) is 0 Å². The van der Waals surface area contributed by atoms with E-state index < -0.39 is 11.9 Å². The van der Waals surface area contributed by atoms with Crippen molar-refractivity contribution in [2.24, 2.45) is 0 Å². The van der Waals surface area contributed by atoms with Crippen LogP contribution in [0.25, 0.3) is 0 Å². The van der Waals surface area contributed by atoms with Crippen molar-refractivity contribution < 1.29 is 24.2 Å². The molecule has 0 aromatic heterocycles. The number of carbonyl (C=O) groups is 3. The average molecular weight is 372 g/mol. The number of aromatic carboxylic acids is 1. The Balaban J connectivity index is 2.65. The van der Waals surface area contributed by atoms with Gasteiger partial charge in [-0.25, -0.2) is 4.79 Å². The molecule has 0 bridgehead atoms. The van der Waals surface area contributed by atoms with Crippen LogP contribution in [0, 0.1) is 0 Å². The number of hydrogen-bond donors (Lipinski definition) is 2. The summed E-state index contributed by atoms with van der Waals surface area (Å²) < 4.78 is 5.37. The molecule has 2 N–H and O–H groups in total. The van der Waals surface area contributed by atoms with Gasteiger partial charge < -0.3 is 15.2 Å². The minimum atomic E-state index is -1.06. The molecule has 1 rings (SSSR count). The number of carboxylic acids is 1. The second-order valence-electron chi connectivity index (χ2n) is 4.77. The maximum atomic E-state index is 11.7. The summed E-state index contributed by atoms with van der Waals surface area (Å²) in [4.78, 5) is 34.2. The van der Waals surface area contributed by atoms with Crippen LogP contribution in [0.15, 0.2) is 22.7 Å². The summed E-state index contributed by atoms with van der Waals surface area (Å²) in [5.74, 6) is -1.86. The van der Waals surface area contributed by atoms with Crippen LogP contribution in [0.3, 0.4) is 0 Å². The Hall–Kier alpha value is -1.89. The van der Waals surface area contributed by atoms with E-state index in [0.717, 1.165) is 0 Å². The van der Waals surface area contributed by atoms with Gasteiger partial charge in [0.2, 0.25) is 0 Å². The highest BCUT2D eigenvalue weighted by Gasteiger charge is 2.16.